The Balaban J connectivity index is 2.15. The van der Waals surface area contributed by atoms with Crippen LogP contribution in [0.25, 0.3) is 0 Å². The van der Waals surface area contributed by atoms with Crippen molar-refractivity contribution >= 4 is 5.69 Å². The van der Waals surface area contributed by atoms with Gasteiger partial charge in [0.1, 0.15) is 0 Å². The minimum Gasteiger partial charge on any atom is -0.398 e. The third-order valence-corrected chi connectivity index (χ3v) is 2.15. The third-order valence-electron chi connectivity index (χ3n) is 2.15. The normalized spacial score (nSPS) is 16.7. The summed E-state index contributed by atoms with van der Waals surface area (Å²) in [6.07, 6.45) is 7.49. The van der Waals surface area contributed by atoms with E-state index in [1.165, 1.54) is 18.4 Å². The highest BCUT2D eigenvalue weighted by Crippen LogP contribution is 2.33. The Kier molecular flexibility index (Phi) is 1.53. The van der Waals surface area contributed by atoms with Crippen LogP contribution in [0.1, 0.15) is 18.4 Å². The molecular formula is C9H12N2. The van der Waals surface area contributed by atoms with Gasteiger partial charge in [-0.25, -0.2) is 0 Å². The van der Waals surface area contributed by atoms with Crippen molar-refractivity contribution in [1.29, 1.82) is 0 Å². The van der Waals surface area contributed by atoms with Crippen molar-refractivity contribution in [2.24, 2.45) is 5.92 Å². The van der Waals surface area contributed by atoms with Crippen LogP contribution in [0.5, 0.6) is 0 Å². The van der Waals surface area contributed by atoms with Gasteiger partial charge in [-0.3, -0.25) is 4.98 Å². The number of hydrogen-bond acceptors (Lipinski definition) is 2. The van der Waals surface area contributed by atoms with Crippen LogP contribution in [-0.2, 0) is 6.42 Å². The second kappa shape index (κ2) is 2.53. The molecule has 58 valence electrons. The second-order valence-corrected chi connectivity index (χ2v) is 3.22. The fraction of sp³-hybridized carbons (Fsp3) is 0.444. The molecule has 0 bridgehead atoms. The predicted octanol–water partition coefficient (Wildman–Crippen LogP) is 1.62. The van der Waals surface area contributed by atoms with Crippen molar-refractivity contribution in [3.63, 3.8) is 0 Å². The van der Waals surface area contributed by atoms with Crippen LogP contribution in [0.3, 0.4) is 0 Å². The van der Waals surface area contributed by atoms with Crippen molar-refractivity contribution in [3.05, 3.63) is 24.0 Å². The van der Waals surface area contributed by atoms with Crippen LogP contribution in [0, 0.1) is 5.92 Å². The van der Waals surface area contributed by atoms with Crippen LogP contribution in [0.2, 0.25) is 0 Å². The number of anilines is 1. The summed E-state index contributed by atoms with van der Waals surface area (Å²) in [6, 6.07) is 1.87. The van der Waals surface area contributed by atoms with E-state index in [9.17, 15) is 0 Å². The molecule has 1 saturated carbocycles. The molecule has 0 spiro atoms. The lowest BCUT2D eigenvalue weighted by molar-refractivity contribution is 0.830. The van der Waals surface area contributed by atoms with Gasteiger partial charge >= 0.3 is 0 Å². The maximum absolute atomic E-state index is 5.76. The van der Waals surface area contributed by atoms with Gasteiger partial charge < -0.3 is 5.73 Å². The quantitative estimate of drug-likeness (QED) is 0.692. The number of pyridine rings is 1. The summed E-state index contributed by atoms with van der Waals surface area (Å²) in [4.78, 5) is 4.05. The van der Waals surface area contributed by atoms with E-state index in [-0.39, 0.29) is 0 Å². The molecule has 11 heavy (non-hydrogen) atoms. The summed E-state index contributed by atoms with van der Waals surface area (Å²) in [7, 11) is 0. The van der Waals surface area contributed by atoms with Gasteiger partial charge in [0.25, 0.3) is 0 Å². The molecule has 0 aromatic carbocycles. The van der Waals surface area contributed by atoms with E-state index in [1.54, 1.807) is 6.20 Å². The Morgan fingerprint density at radius 2 is 2.36 bits per heavy atom. The zero-order chi connectivity index (χ0) is 7.68. The standard InChI is InChI=1S/C9H12N2/c10-9-3-4-11-6-8(9)5-7-1-2-7/h3-4,6-7H,1-2,5H2,(H2,10,11). The topological polar surface area (TPSA) is 38.9 Å². The van der Waals surface area contributed by atoms with Gasteiger partial charge in [0, 0.05) is 18.1 Å². The smallest absolute Gasteiger partial charge is 0.0377 e. The lowest BCUT2D eigenvalue weighted by Gasteiger charge is -2.01. The molecule has 0 aliphatic heterocycles. The Hall–Kier alpha value is -1.05. The van der Waals surface area contributed by atoms with Gasteiger partial charge in [-0.15, -0.1) is 0 Å². The van der Waals surface area contributed by atoms with E-state index < -0.39 is 0 Å². The molecule has 1 aliphatic carbocycles. The average molecular weight is 148 g/mol. The fourth-order valence-electron chi connectivity index (χ4n) is 1.24. The number of hydrogen-bond donors (Lipinski definition) is 1. The maximum atomic E-state index is 5.76. The minimum atomic E-state index is 0.890. The van der Waals surface area contributed by atoms with Crippen LogP contribution >= 0.6 is 0 Å². The molecule has 0 atom stereocenters. The zero-order valence-electron chi connectivity index (χ0n) is 6.46. The van der Waals surface area contributed by atoms with Crippen LogP contribution < -0.4 is 5.73 Å². The molecule has 2 N–H and O–H groups in total. The first-order valence-corrected chi connectivity index (χ1v) is 4.04. The highest BCUT2D eigenvalue weighted by atomic mass is 14.7. The van der Waals surface area contributed by atoms with Crippen LogP contribution in [0.4, 0.5) is 5.69 Å². The van der Waals surface area contributed by atoms with Gasteiger partial charge in [-0.2, -0.15) is 0 Å². The van der Waals surface area contributed by atoms with E-state index in [0.29, 0.717) is 0 Å². The first-order valence-electron chi connectivity index (χ1n) is 4.04. The van der Waals surface area contributed by atoms with E-state index in [0.717, 1.165) is 18.0 Å². The highest BCUT2D eigenvalue weighted by Gasteiger charge is 2.22. The molecule has 0 radical (unpaired) electrons. The monoisotopic (exact) mass is 148 g/mol. The fourth-order valence-corrected chi connectivity index (χ4v) is 1.24. The molecule has 1 aliphatic rings. The second-order valence-electron chi connectivity index (χ2n) is 3.22. The molecule has 1 aromatic rings. The van der Waals surface area contributed by atoms with E-state index in [1.807, 2.05) is 12.3 Å². The lowest BCUT2D eigenvalue weighted by Crippen LogP contribution is -1.95. The Bertz CT molecular complexity index is 253. The molecular weight excluding hydrogens is 136 g/mol. The Morgan fingerprint density at radius 3 is 3.00 bits per heavy atom. The Labute approximate surface area is 66.4 Å². The molecule has 0 unspecified atom stereocenters. The van der Waals surface area contributed by atoms with Crippen molar-refractivity contribution < 1.29 is 0 Å². The van der Waals surface area contributed by atoms with E-state index in [4.69, 9.17) is 5.73 Å². The van der Waals surface area contributed by atoms with Crippen LogP contribution in [-0.4, -0.2) is 4.98 Å². The lowest BCUT2D eigenvalue weighted by atomic mass is 10.1. The summed E-state index contributed by atoms with van der Waals surface area (Å²) in [5, 5.41) is 0. The largest absolute Gasteiger partial charge is 0.398 e. The number of nitrogens with zero attached hydrogens (tertiary/aromatic N) is 1. The first kappa shape index (κ1) is 6.65. The predicted molar refractivity (Wildman–Crippen MR) is 45.1 cm³/mol. The number of nitrogen functional groups attached to an aromatic ring is 1. The maximum Gasteiger partial charge on any atom is 0.0377 e. The highest BCUT2D eigenvalue weighted by molar-refractivity contribution is 5.44. The van der Waals surface area contributed by atoms with Crippen molar-refractivity contribution in [3.8, 4) is 0 Å². The van der Waals surface area contributed by atoms with Crippen LogP contribution in [0.15, 0.2) is 18.5 Å². The molecule has 1 aromatic heterocycles. The SMILES string of the molecule is Nc1ccncc1CC1CC1. The minimum absolute atomic E-state index is 0.890. The molecule has 1 heterocycles. The number of nitrogens with two attached hydrogens (primary N) is 1. The van der Waals surface area contributed by atoms with Gasteiger partial charge in [0.2, 0.25) is 0 Å². The zero-order valence-corrected chi connectivity index (χ0v) is 6.46. The summed E-state index contributed by atoms with van der Waals surface area (Å²) in [6.45, 7) is 0. The molecule has 2 rings (SSSR count). The molecule has 1 fully saturated rings. The number of rotatable bonds is 2. The third kappa shape index (κ3) is 1.50. The van der Waals surface area contributed by atoms with E-state index >= 15 is 0 Å². The van der Waals surface area contributed by atoms with Gasteiger partial charge in [0.15, 0.2) is 0 Å². The summed E-state index contributed by atoms with van der Waals surface area (Å²) < 4.78 is 0. The molecule has 2 heteroatoms. The molecule has 2 nitrogen and oxygen atoms in total. The van der Waals surface area contributed by atoms with Gasteiger partial charge in [-0.05, 0) is 36.8 Å². The molecule has 0 amide bonds. The van der Waals surface area contributed by atoms with Gasteiger partial charge in [-0.1, -0.05) is 0 Å². The first-order chi connectivity index (χ1) is 5.36. The van der Waals surface area contributed by atoms with Crippen molar-refractivity contribution in [2.75, 3.05) is 5.73 Å². The average Bonchev–Trinajstić information content (AvgIpc) is 2.78. The van der Waals surface area contributed by atoms with Gasteiger partial charge in [0.05, 0.1) is 0 Å². The number of aromatic nitrogens is 1. The molecule has 0 saturated heterocycles. The van der Waals surface area contributed by atoms with Crippen molar-refractivity contribution in [1.82, 2.24) is 4.98 Å². The summed E-state index contributed by atoms with van der Waals surface area (Å²) >= 11 is 0. The Morgan fingerprint density at radius 1 is 1.55 bits per heavy atom. The van der Waals surface area contributed by atoms with Crippen molar-refractivity contribution in [2.45, 2.75) is 19.3 Å². The summed E-state index contributed by atoms with van der Waals surface area (Å²) in [5.74, 6) is 0.890. The van der Waals surface area contributed by atoms with E-state index in [2.05, 4.69) is 4.98 Å². The summed E-state index contributed by atoms with van der Waals surface area (Å²) in [5.41, 5.74) is 7.87.